The van der Waals surface area contributed by atoms with Crippen molar-refractivity contribution in [2.24, 2.45) is 5.73 Å². The monoisotopic (exact) mass is 364 g/mol. The van der Waals surface area contributed by atoms with Gasteiger partial charge >= 0.3 is 0 Å². The molecule has 4 N–H and O–H groups in total. The van der Waals surface area contributed by atoms with Gasteiger partial charge in [0.2, 0.25) is 0 Å². The SMILES string of the molecule is Cl.Cl.NCc1ccc(C(=O)Nc2cccc(-c3cnc[nH]3)c2)cc1. The van der Waals surface area contributed by atoms with Crippen molar-refractivity contribution < 1.29 is 4.79 Å². The van der Waals surface area contributed by atoms with Crippen LogP contribution in [0.25, 0.3) is 11.3 Å². The summed E-state index contributed by atoms with van der Waals surface area (Å²) in [4.78, 5) is 19.3. The van der Waals surface area contributed by atoms with Crippen molar-refractivity contribution in [2.45, 2.75) is 6.54 Å². The molecule has 1 aromatic heterocycles. The van der Waals surface area contributed by atoms with Crippen molar-refractivity contribution in [2.75, 3.05) is 5.32 Å². The highest BCUT2D eigenvalue weighted by atomic mass is 35.5. The first-order valence-corrected chi connectivity index (χ1v) is 6.95. The number of anilines is 1. The van der Waals surface area contributed by atoms with Gasteiger partial charge in [-0.3, -0.25) is 4.79 Å². The smallest absolute Gasteiger partial charge is 0.255 e. The van der Waals surface area contributed by atoms with Crippen LogP contribution in [0, 0.1) is 0 Å². The number of rotatable bonds is 4. The van der Waals surface area contributed by atoms with Crippen molar-refractivity contribution in [1.29, 1.82) is 0 Å². The van der Waals surface area contributed by atoms with Gasteiger partial charge in [-0.15, -0.1) is 24.8 Å². The summed E-state index contributed by atoms with van der Waals surface area (Å²) >= 11 is 0. The second-order valence-corrected chi connectivity index (χ2v) is 4.90. The van der Waals surface area contributed by atoms with Gasteiger partial charge in [0.1, 0.15) is 0 Å². The number of aromatic amines is 1. The van der Waals surface area contributed by atoms with Crippen molar-refractivity contribution in [3.63, 3.8) is 0 Å². The predicted molar refractivity (Wildman–Crippen MR) is 101 cm³/mol. The van der Waals surface area contributed by atoms with Gasteiger partial charge in [-0.25, -0.2) is 4.98 Å². The first-order valence-electron chi connectivity index (χ1n) is 6.95. The van der Waals surface area contributed by atoms with Crippen LogP contribution in [0.5, 0.6) is 0 Å². The summed E-state index contributed by atoms with van der Waals surface area (Å²) in [6.07, 6.45) is 3.37. The Morgan fingerprint density at radius 3 is 2.50 bits per heavy atom. The number of imidazole rings is 1. The van der Waals surface area contributed by atoms with Gasteiger partial charge in [0.15, 0.2) is 0 Å². The molecule has 0 atom stereocenters. The van der Waals surface area contributed by atoms with Crippen LogP contribution < -0.4 is 11.1 Å². The number of hydrogen-bond acceptors (Lipinski definition) is 3. The van der Waals surface area contributed by atoms with Gasteiger partial charge < -0.3 is 16.0 Å². The van der Waals surface area contributed by atoms with E-state index in [1.807, 2.05) is 36.4 Å². The zero-order valence-electron chi connectivity index (χ0n) is 12.7. The van der Waals surface area contributed by atoms with E-state index in [1.54, 1.807) is 24.7 Å². The fraction of sp³-hybridized carbons (Fsp3) is 0.0588. The maximum atomic E-state index is 12.2. The Morgan fingerprint density at radius 1 is 1.12 bits per heavy atom. The van der Waals surface area contributed by atoms with Crippen LogP contribution in [0.3, 0.4) is 0 Å². The van der Waals surface area contributed by atoms with Crippen LogP contribution >= 0.6 is 24.8 Å². The van der Waals surface area contributed by atoms with Gasteiger partial charge in [-0.05, 0) is 29.8 Å². The normalized spacial score (nSPS) is 9.54. The lowest BCUT2D eigenvalue weighted by molar-refractivity contribution is 0.102. The minimum atomic E-state index is -0.148. The molecule has 0 fully saturated rings. The zero-order chi connectivity index (χ0) is 15.4. The number of halogens is 2. The summed E-state index contributed by atoms with van der Waals surface area (Å²) in [6, 6.07) is 14.9. The van der Waals surface area contributed by atoms with Crippen molar-refractivity contribution >= 4 is 36.4 Å². The molecule has 0 saturated heterocycles. The molecule has 3 aromatic rings. The molecule has 0 aliphatic carbocycles. The molecule has 7 heteroatoms. The third-order valence-electron chi connectivity index (χ3n) is 3.38. The minimum absolute atomic E-state index is 0. The van der Waals surface area contributed by atoms with Crippen LogP contribution in [0.15, 0.2) is 61.1 Å². The molecule has 126 valence electrons. The van der Waals surface area contributed by atoms with E-state index in [2.05, 4.69) is 15.3 Å². The van der Waals surface area contributed by atoms with Gasteiger partial charge in [0, 0.05) is 23.4 Å². The Bertz CT molecular complexity index is 774. The maximum Gasteiger partial charge on any atom is 0.255 e. The second-order valence-electron chi connectivity index (χ2n) is 4.90. The fourth-order valence-corrected chi connectivity index (χ4v) is 2.17. The van der Waals surface area contributed by atoms with E-state index >= 15 is 0 Å². The van der Waals surface area contributed by atoms with E-state index in [0.29, 0.717) is 12.1 Å². The zero-order valence-corrected chi connectivity index (χ0v) is 14.4. The number of nitrogens with zero attached hydrogens (tertiary/aromatic N) is 1. The van der Waals surface area contributed by atoms with Crippen molar-refractivity contribution in [3.05, 3.63) is 72.2 Å². The molecular formula is C17H18Cl2N4O. The van der Waals surface area contributed by atoms with Gasteiger partial charge in [-0.2, -0.15) is 0 Å². The predicted octanol–water partition coefficient (Wildman–Crippen LogP) is 3.63. The molecule has 24 heavy (non-hydrogen) atoms. The molecule has 5 nitrogen and oxygen atoms in total. The summed E-state index contributed by atoms with van der Waals surface area (Å²) < 4.78 is 0. The number of nitrogens with two attached hydrogens (primary N) is 1. The van der Waals surface area contributed by atoms with E-state index in [1.165, 1.54) is 0 Å². The second kappa shape index (κ2) is 9.08. The van der Waals surface area contributed by atoms with Crippen LogP contribution in [0.2, 0.25) is 0 Å². The number of carbonyl (C=O) groups excluding carboxylic acids is 1. The molecule has 0 bridgehead atoms. The van der Waals surface area contributed by atoms with E-state index in [4.69, 9.17) is 5.73 Å². The number of nitrogens with one attached hydrogen (secondary N) is 2. The minimum Gasteiger partial charge on any atom is -0.345 e. The van der Waals surface area contributed by atoms with E-state index in [-0.39, 0.29) is 30.7 Å². The van der Waals surface area contributed by atoms with E-state index < -0.39 is 0 Å². The van der Waals surface area contributed by atoms with Gasteiger partial charge in [0.25, 0.3) is 5.91 Å². The van der Waals surface area contributed by atoms with Gasteiger partial charge in [-0.1, -0.05) is 24.3 Å². The molecule has 1 amide bonds. The summed E-state index contributed by atoms with van der Waals surface area (Å²) in [5.74, 6) is -0.148. The molecule has 0 unspecified atom stereocenters. The third-order valence-corrected chi connectivity index (χ3v) is 3.38. The highest BCUT2D eigenvalue weighted by Gasteiger charge is 2.07. The number of H-pyrrole nitrogens is 1. The number of hydrogen-bond donors (Lipinski definition) is 3. The lowest BCUT2D eigenvalue weighted by atomic mass is 10.1. The van der Waals surface area contributed by atoms with Crippen LogP contribution in [0.1, 0.15) is 15.9 Å². The van der Waals surface area contributed by atoms with Crippen LogP contribution in [-0.4, -0.2) is 15.9 Å². The molecule has 0 spiro atoms. The Morgan fingerprint density at radius 2 is 1.88 bits per heavy atom. The third kappa shape index (κ3) is 4.58. The largest absolute Gasteiger partial charge is 0.345 e. The first kappa shape index (κ1) is 19.7. The Labute approximate surface area is 152 Å². The number of carbonyl (C=O) groups is 1. The fourth-order valence-electron chi connectivity index (χ4n) is 2.17. The Kier molecular flexibility index (Phi) is 7.45. The molecular weight excluding hydrogens is 347 g/mol. The standard InChI is InChI=1S/C17H16N4O.2ClH/c18-9-12-4-6-13(7-5-12)17(22)21-15-3-1-2-14(8-15)16-10-19-11-20-16;;/h1-8,10-11H,9,18H2,(H,19,20)(H,21,22);2*1H. The summed E-state index contributed by atoms with van der Waals surface area (Å²) in [7, 11) is 0. The van der Waals surface area contributed by atoms with Gasteiger partial charge in [0.05, 0.1) is 18.2 Å². The molecule has 3 rings (SSSR count). The van der Waals surface area contributed by atoms with E-state index in [0.717, 1.165) is 22.5 Å². The molecule has 0 aliphatic rings. The Balaban J connectivity index is 0.00000144. The summed E-state index contributed by atoms with van der Waals surface area (Å²) in [5, 5.41) is 2.89. The average Bonchev–Trinajstić information content (AvgIpc) is 3.10. The molecule has 0 saturated carbocycles. The topological polar surface area (TPSA) is 83.8 Å². The molecule has 1 heterocycles. The highest BCUT2D eigenvalue weighted by Crippen LogP contribution is 2.20. The molecule has 0 aliphatic heterocycles. The molecule has 0 radical (unpaired) electrons. The quantitative estimate of drug-likeness (QED) is 0.660. The lowest BCUT2D eigenvalue weighted by Crippen LogP contribution is -2.12. The number of aromatic nitrogens is 2. The molecule has 2 aromatic carbocycles. The summed E-state index contributed by atoms with van der Waals surface area (Å²) in [6.45, 7) is 0.466. The van der Waals surface area contributed by atoms with Crippen molar-refractivity contribution in [3.8, 4) is 11.3 Å². The average molecular weight is 365 g/mol. The first-order chi connectivity index (χ1) is 10.8. The maximum absolute atomic E-state index is 12.2. The number of benzene rings is 2. The van der Waals surface area contributed by atoms with E-state index in [9.17, 15) is 4.79 Å². The Hall–Kier alpha value is -2.34. The summed E-state index contributed by atoms with van der Waals surface area (Å²) in [5.41, 5.74) is 9.76. The van der Waals surface area contributed by atoms with Crippen molar-refractivity contribution in [1.82, 2.24) is 9.97 Å². The van der Waals surface area contributed by atoms with Crippen LogP contribution in [-0.2, 0) is 6.54 Å². The highest BCUT2D eigenvalue weighted by molar-refractivity contribution is 6.04. The number of amides is 1. The van der Waals surface area contributed by atoms with Crippen LogP contribution in [0.4, 0.5) is 5.69 Å². The lowest BCUT2D eigenvalue weighted by Gasteiger charge is -2.07.